The first-order valence-electron chi connectivity index (χ1n) is 8.85. The molecule has 4 rings (SSSR count). The van der Waals surface area contributed by atoms with Gasteiger partial charge in [-0.3, -0.25) is 4.79 Å². The van der Waals surface area contributed by atoms with Gasteiger partial charge < -0.3 is 19.8 Å². The third kappa shape index (κ3) is 2.33. The Balaban J connectivity index is 1.65. The second-order valence-electron chi connectivity index (χ2n) is 7.57. The minimum absolute atomic E-state index is 0.121. The number of benzene rings is 1. The summed E-state index contributed by atoms with van der Waals surface area (Å²) in [5.41, 5.74) is 0.932. The smallest absolute Gasteiger partial charge is 0.223 e. The van der Waals surface area contributed by atoms with Crippen molar-refractivity contribution >= 4 is 5.91 Å². The van der Waals surface area contributed by atoms with Crippen LogP contribution in [0, 0.1) is 5.92 Å². The van der Waals surface area contributed by atoms with E-state index in [0.29, 0.717) is 19.3 Å². The standard InChI is InChI=1S/C19H25NO4/c1-24-13-4-2-12(3-5-13)10-15-18(23)14-11-19(8-6-16(14)21)9-7-17(22)20(15)19/h2-5,14-16,18,21,23H,6-11H2,1H3/t14-,15-,16-,18+,19+/m0/s1. The van der Waals surface area contributed by atoms with E-state index in [2.05, 4.69) is 0 Å². The highest BCUT2D eigenvalue weighted by Crippen LogP contribution is 2.51. The van der Waals surface area contributed by atoms with Crippen LogP contribution < -0.4 is 4.74 Å². The van der Waals surface area contributed by atoms with Crippen LogP contribution in [0.15, 0.2) is 24.3 Å². The summed E-state index contributed by atoms with van der Waals surface area (Å²) in [6.45, 7) is 0. The number of hydrogen-bond acceptors (Lipinski definition) is 4. The number of piperidine rings is 1. The number of methoxy groups -OCH3 is 1. The maximum Gasteiger partial charge on any atom is 0.223 e. The molecule has 2 N–H and O–H groups in total. The maximum atomic E-state index is 12.6. The molecule has 1 aromatic carbocycles. The number of hydrogen-bond donors (Lipinski definition) is 2. The van der Waals surface area contributed by atoms with Crippen LogP contribution in [0.2, 0.25) is 0 Å². The van der Waals surface area contributed by atoms with Gasteiger partial charge in [-0.05, 0) is 49.8 Å². The van der Waals surface area contributed by atoms with Gasteiger partial charge in [0.2, 0.25) is 5.91 Å². The lowest BCUT2D eigenvalue weighted by molar-refractivity contribution is -0.167. The van der Waals surface area contributed by atoms with Crippen LogP contribution in [-0.4, -0.2) is 51.9 Å². The number of ether oxygens (including phenoxy) is 1. The lowest BCUT2D eigenvalue weighted by Crippen LogP contribution is -2.67. The van der Waals surface area contributed by atoms with E-state index >= 15 is 0 Å². The number of carbonyl (C=O) groups is 1. The molecule has 1 aliphatic carbocycles. The number of nitrogens with zero attached hydrogens (tertiary/aromatic N) is 1. The Hall–Kier alpha value is -1.59. The molecule has 130 valence electrons. The van der Waals surface area contributed by atoms with Gasteiger partial charge >= 0.3 is 0 Å². The molecule has 3 fully saturated rings. The van der Waals surface area contributed by atoms with Crippen molar-refractivity contribution < 1.29 is 19.7 Å². The van der Waals surface area contributed by atoms with Crippen molar-refractivity contribution in [2.24, 2.45) is 5.92 Å². The summed E-state index contributed by atoms with van der Waals surface area (Å²) >= 11 is 0. The molecule has 1 spiro atoms. The van der Waals surface area contributed by atoms with Crippen molar-refractivity contribution in [2.45, 2.75) is 62.3 Å². The first-order chi connectivity index (χ1) is 11.5. The first-order valence-corrected chi connectivity index (χ1v) is 8.85. The number of aliphatic hydroxyl groups is 2. The van der Waals surface area contributed by atoms with Crippen LogP contribution in [0.25, 0.3) is 0 Å². The maximum absolute atomic E-state index is 12.6. The topological polar surface area (TPSA) is 70.0 Å². The molecule has 5 heteroatoms. The Labute approximate surface area is 142 Å². The van der Waals surface area contributed by atoms with Gasteiger partial charge in [0, 0.05) is 17.9 Å². The van der Waals surface area contributed by atoms with Crippen LogP contribution in [0.5, 0.6) is 5.75 Å². The minimum atomic E-state index is -0.669. The zero-order valence-electron chi connectivity index (χ0n) is 14.0. The van der Waals surface area contributed by atoms with Crippen LogP contribution >= 0.6 is 0 Å². The summed E-state index contributed by atoms with van der Waals surface area (Å²) in [6, 6.07) is 7.53. The van der Waals surface area contributed by atoms with Crippen LogP contribution in [0.3, 0.4) is 0 Å². The summed E-state index contributed by atoms with van der Waals surface area (Å²) in [6.07, 6.45) is 3.18. The summed E-state index contributed by atoms with van der Waals surface area (Å²) < 4.78 is 5.19. The van der Waals surface area contributed by atoms with Gasteiger partial charge in [-0.1, -0.05) is 12.1 Å². The molecule has 1 saturated carbocycles. The summed E-state index contributed by atoms with van der Waals surface area (Å²) in [5.74, 6) is 0.829. The predicted molar refractivity (Wildman–Crippen MR) is 88.7 cm³/mol. The highest BCUT2D eigenvalue weighted by Gasteiger charge is 2.59. The third-order valence-corrected chi connectivity index (χ3v) is 6.37. The van der Waals surface area contributed by atoms with Gasteiger partial charge in [0.1, 0.15) is 5.75 Å². The highest BCUT2D eigenvalue weighted by atomic mass is 16.5. The monoisotopic (exact) mass is 331 g/mol. The van der Waals surface area contributed by atoms with Crippen molar-refractivity contribution in [3.05, 3.63) is 29.8 Å². The second-order valence-corrected chi connectivity index (χ2v) is 7.57. The predicted octanol–water partition coefficient (Wildman–Crippen LogP) is 1.50. The molecule has 2 heterocycles. The normalized spacial score (nSPS) is 38.1. The fourth-order valence-corrected chi connectivity index (χ4v) is 5.14. The Morgan fingerprint density at radius 3 is 2.71 bits per heavy atom. The van der Waals surface area contributed by atoms with E-state index in [1.54, 1.807) is 7.11 Å². The van der Waals surface area contributed by atoms with E-state index in [4.69, 9.17) is 4.74 Å². The molecule has 2 bridgehead atoms. The summed E-state index contributed by atoms with van der Waals surface area (Å²) in [7, 11) is 1.63. The molecule has 1 amide bonds. The molecule has 5 nitrogen and oxygen atoms in total. The zero-order chi connectivity index (χ0) is 16.9. The number of aliphatic hydroxyl groups excluding tert-OH is 2. The molecular formula is C19H25NO4. The molecular weight excluding hydrogens is 306 g/mol. The van der Waals surface area contributed by atoms with Crippen molar-refractivity contribution in [1.82, 2.24) is 4.90 Å². The van der Waals surface area contributed by atoms with Gasteiger partial charge in [-0.15, -0.1) is 0 Å². The zero-order valence-corrected chi connectivity index (χ0v) is 14.0. The average molecular weight is 331 g/mol. The molecule has 0 unspecified atom stereocenters. The Morgan fingerprint density at radius 1 is 1.25 bits per heavy atom. The molecule has 24 heavy (non-hydrogen) atoms. The van der Waals surface area contributed by atoms with Gasteiger partial charge in [0.15, 0.2) is 0 Å². The lowest BCUT2D eigenvalue weighted by atomic mass is 9.65. The number of carbonyl (C=O) groups excluding carboxylic acids is 1. The van der Waals surface area contributed by atoms with Gasteiger partial charge in [0.25, 0.3) is 0 Å². The molecule has 0 radical (unpaired) electrons. The van der Waals surface area contributed by atoms with E-state index in [1.807, 2.05) is 29.2 Å². The van der Waals surface area contributed by atoms with E-state index in [1.165, 1.54) is 0 Å². The fraction of sp³-hybridized carbons (Fsp3) is 0.632. The quantitative estimate of drug-likeness (QED) is 0.881. The summed E-state index contributed by atoms with van der Waals surface area (Å²) in [4.78, 5) is 14.5. The van der Waals surface area contributed by atoms with E-state index in [0.717, 1.165) is 30.6 Å². The Morgan fingerprint density at radius 2 is 2.00 bits per heavy atom. The molecule has 2 aliphatic heterocycles. The van der Waals surface area contributed by atoms with Crippen molar-refractivity contribution in [1.29, 1.82) is 0 Å². The molecule has 3 aliphatic rings. The van der Waals surface area contributed by atoms with Crippen LogP contribution in [0.1, 0.15) is 37.7 Å². The average Bonchev–Trinajstić information content (AvgIpc) is 2.92. The molecule has 0 aromatic heterocycles. The highest BCUT2D eigenvalue weighted by molar-refractivity contribution is 5.80. The molecule has 1 aromatic rings. The van der Waals surface area contributed by atoms with Gasteiger partial charge in [-0.25, -0.2) is 0 Å². The first kappa shape index (κ1) is 15.9. The molecule has 2 saturated heterocycles. The summed E-state index contributed by atoms with van der Waals surface area (Å²) in [5, 5.41) is 21.2. The van der Waals surface area contributed by atoms with E-state index < -0.39 is 12.2 Å². The minimum Gasteiger partial charge on any atom is -0.497 e. The lowest BCUT2D eigenvalue weighted by Gasteiger charge is -2.56. The van der Waals surface area contributed by atoms with Gasteiger partial charge in [0.05, 0.1) is 25.4 Å². The number of amides is 1. The van der Waals surface area contributed by atoms with Crippen molar-refractivity contribution in [3.8, 4) is 5.75 Å². The van der Waals surface area contributed by atoms with E-state index in [-0.39, 0.29) is 23.4 Å². The van der Waals surface area contributed by atoms with Crippen molar-refractivity contribution in [3.63, 3.8) is 0 Å². The number of rotatable bonds is 3. The Bertz CT molecular complexity index is 631. The van der Waals surface area contributed by atoms with Gasteiger partial charge in [-0.2, -0.15) is 0 Å². The van der Waals surface area contributed by atoms with Crippen molar-refractivity contribution in [2.75, 3.05) is 7.11 Å². The fourth-order valence-electron chi connectivity index (χ4n) is 5.14. The SMILES string of the molecule is COc1ccc(C[C@H]2[C@H](O)[C@H]3C[C@]4(CCC(=O)N24)CC[C@@H]3O)cc1. The van der Waals surface area contributed by atoms with Crippen LogP contribution in [-0.2, 0) is 11.2 Å². The van der Waals surface area contributed by atoms with E-state index in [9.17, 15) is 15.0 Å². The van der Waals surface area contributed by atoms with Crippen LogP contribution in [0.4, 0.5) is 0 Å². The third-order valence-electron chi connectivity index (χ3n) is 6.37. The Kier molecular flexibility index (Phi) is 3.81. The molecule has 5 atom stereocenters. The number of fused-ring (bicyclic) bond motifs is 1. The second kappa shape index (κ2) is 5.74. The largest absolute Gasteiger partial charge is 0.497 e.